The Morgan fingerprint density at radius 2 is 1.67 bits per heavy atom. The molecule has 0 saturated carbocycles. The third-order valence-electron chi connectivity index (χ3n) is 3.62. The first-order valence-corrected chi connectivity index (χ1v) is 6.87. The van der Waals surface area contributed by atoms with Crippen LogP contribution in [0.25, 0.3) is 0 Å². The van der Waals surface area contributed by atoms with Gasteiger partial charge in [-0.1, -0.05) is 60.2 Å². The molecule has 4 heteroatoms. The molecule has 1 heterocycles. The molecule has 0 bridgehead atoms. The SMILES string of the molecule is Cc1ccc(CN2C(=O)NC(c3ccccc3)C2=O)cc1. The summed E-state index contributed by atoms with van der Waals surface area (Å²) in [5.41, 5.74) is 2.90. The van der Waals surface area contributed by atoms with Gasteiger partial charge in [-0.15, -0.1) is 0 Å². The van der Waals surface area contributed by atoms with Gasteiger partial charge in [0.2, 0.25) is 0 Å². The highest BCUT2D eigenvalue weighted by Crippen LogP contribution is 2.23. The normalized spacial score (nSPS) is 18.0. The molecule has 2 aromatic rings. The van der Waals surface area contributed by atoms with Gasteiger partial charge in [0.15, 0.2) is 0 Å². The number of aryl methyl sites for hydroxylation is 1. The second kappa shape index (κ2) is 5.40. The molecule has 4 nitrogen and oxygen atoms in total. The van der Waals surface area contributed by atoms with E-state index in [9.17, 15) is 9.59 Å². The lowest BCUT2D eigenvalue weighted by Gasteiger charge is -2.13. The molecule has 1 aliphatic rings. The maximum Gasteiger partial charge on any atom is 0.325 e. The quantitative estimate of drug-likeness (QED) is 0.879. The van der Waals surface area contributed by atoms with E-state index in [2.05, 4.69) is 5.32 Å². The van der Waals surface area contributed by atoms with Crippen molar-refractivity contribution in [2.75, 3.05) is 0 Å². The molecule has 1 fully saturated rings. The van der Waals surface area contributed by atoms with Crippen molar-refractivity contribution in [3.63, 3.8) is 0 Å². The Bertz CT molecular complexity index is 665. The topological polar surface area (TPSA) is 49.4 Å². The molecule has 1 saturated heterocycles. The van der Waals surface area contributed by atoms with Gasteiger partial charge in [0.1, 0.15) is 6.04 Å². The smallest absolute Gasteiger partial charge is 0.322 e. The van der Waals surface area contributed by atoms with E-state index >= 15 is 0 Å². The van der Waals surface area contributed by atoms with Crippen molar-refractivity contribution in [1.82, 2.24) is 10.2 Å². The molecule has 3 amide bonds. The minimum absolute atomic E-state index is 0.202. The summed E-state index contributed by atoms with van der Waals surface area (Å²) in [5.74, 6) is -0.202. The lowest BCUT2D eigenvalue weighted by molar-refractivity contribution is -0.128. The Hall–Kier alpha value is -2.62. The number of amides is 3. The van der Waals surface area contributed by atoms with Crippen molar-refractivity contribution >= 4 is 11.9 Å². The third kappa shape index (κ3) is 2.65. The van der Waals surface area contributed by atoms with Crippen LogP contribution < -0.4 is 5.32 Å². The van der Waals surface area contributed by atoms with Crippen molar-refractivity contribution in [2.45, 2.75) is 19.5 Å². The Balaban J connectivity index is 1.79. The van der Waals surface area contributed by atoms with Crippen molar-refractivity contribution in [3.05, 3.63) is 71.3 Å². The third-order valence-corrected chi connectivity index (χ3v) is 3.62. The molecule has 3 rings (SSSR count). The number of rotatable bonds is 3. The van der Waals surface area contributed by atoms with Crippen LogP contribution in [0.1, 0.15) is 22.7 Å². The summed E-state index contributed by atoms with van der Waals surface area (Å²) in [6.07, 6.45) is 0. The van der Waals surface area contributed by atoms with Gasteiger partial charge < -0.3 is 5.32 Å². The molecule has 0 aliphatic carbocycles. The zero-order chi connectivity index (χ0) is 14.8. The molecule has 1 N–H and O–H groups in total. The number of urea groups is 1. The maximum atomic E-state index is 12.4. The predicted molar refractivity (Wildman–Crippen MR) is 79.4 cm³/mol. The minimum atomic E-state index is -0.579. The van der Waals surface area contributed by atoms with Crippen LogP contribution in [0.15, 0.2) is 54.6 Å². The number of carbonyl (C=O) groups is 2. The van der Waals surface area contributed by atoms with Crippen molar-refractivity contribution < 1.29 is 9.59 Å². The summed E-state index contributed by atoms with van der Waals surface area (Å²) < 4.78 is 0. The largest absolute Gasteiger partial charge is 0.325 e. The van der Waals surface area contributed by atoms with Crippen LogP contribution in [0.3, 0.4) is 0 Å². The zero-order valence-electron chi connectivity index (χ0n) is 11.7. The number of nitrogens with one attached hydrogen (secondary N) is 1. The zero-order valence-corrected chi connectivity index (χ0v) is 11.7. The summed E-state index contributed by atoms with van der Waals surface area (Å²) in [6.45, 7) is 2.30. The van der Waals surface area contributed by atoms with Gasteiger partial charge in [-0.3, -0.25) is 9.69 Å². The van der Waals surface area contributed by atoms with Crippen LogP contribution in [0.4, 0.5) is 4.79 Å². The molecule has 0 aromatic heterocycles. The number of benzene rings is 2. The lowest BCUT2D eigenvalue weighted by atomic mass is 10.1. The van der Waals surface area contributed by atoms with Gasteiger partial charge in [0, 0.05) is 0 Å². The van der Waals surface area contributed by atoms with E-state index in [1.54, 1.807) is 0 Å². The second-order valence-electron chi connectivity index (χ2n) is 5.20. The van der Waals surface area contributed by atoms with Gasteiger partial charge in [-0.05, 0) is 18.1 Å². The molecule has 0 radical (unpaired) electrons. The molecule has 1 aliphatic heterocycles. The fraction of sp³-hybridized carbons (Fsp3) is 0.176. The summed E-state index contributed by atoms with van der Waals surface area (Å²) in [7, 11) is 0. The van der Waals surface area contributed by atoms with Crippen LogP contribution in [-0.2, 0) is 11.3 Å². The van der Waals surface area contributed by atoms with E-state index in [4.69, 9.17) is 0 Å². The van der Waals surface area contributed by atoms with Crippen LogP contribution in [0.2, 0.25) is 0 Å². The molecule has 1 atom stereocenters. The van der Waals surface area contributed by atoms with E-state index in [1.807, 2.05) is 61.5 Å². The lowest BCUT2D eigenvalue weighted by Crippen LogP contribution is -2.30. The molecule has 2 aromatic carbocycles. The monoisotopic (exact) mass is 280 g/mol. The number of nitrogens with zero attached hydrogens (tertiary/aromatic N) is 1. The van der Waals surface area contributed by atoms with E-state index in [0.29, 0.717) is 6.54 Å². The van der Waals surface area contributed by atoms with Crippen molar-refractivity contribution in [2.24, 2.45) is 0 Å². The highest BCUT2D eigenvalue weighted by atomic mass is 16.2. The predicted octanol–water partition coefficient (Wildman–Crippen LogP) is 2.79. The van der Waals surface area contributed by atoms with Gasteiger partial charge >= 0.3 is 6.03 Å². The molecular weight excluding hydrogens is 264 g/mol. The summed E-state index contributed by atoms with van der Waals surface area (Å²) in [4.78, 5) is 25.7. The van der Waals surface area contributed by atoms with Gasteiger partial charge in [-0.25, -0.2) is 4.79 Å². The molecule has 0 spiro atoms. The van der Waals surface area contributed by atoms with E-state index in [1.165, 1.54) is 4.90 Å². The summed E-state index contributed by atoms with van der Waals surface area (Å²) >= 11 is 0. The first-order chi connectivity index (χ1) is 10.1. The van der Waals surface area contributed by atoms with E-state index < -0.39 is 6.04 Å². The summed E-state index contributed by atoms with van der Waals surface area (Å²) in [5, 5.41) is 2.74. The minimum Gasteiger partial charge on any atom is -0.322 e. The van der Waals surface area contributed by atoms with Gasteiger partial charge in [-0.2, -0.15) is 0 Å². The highest BCUT2D eigenvalue weighted by molar-refractivity contribution is 6.04. The van der Waals surface area contributed by atoms with Gasteiger partial charge in [0.25, 0.3) is 5.91 Å². The number of carbonyl (C=O) groups excluding carboxylic acids is 2. The Kier molecular flexibility index (Phi) is 3.44. The molecule has 1 unspecified atom stereocenters. The van der Waals surface area contributed by atoms with Crippen molar-refractivity contribution in [1.29, 1.82) is 0 Å². The second-order valence-corrected chi connectivity index (χ2v) is 5.20. The Labute approximate surface area is 123 Å². The maximum absolute atomic E-state index is 12.4. The fourth-order valence-electron chi connectivity index (χ4n) is 2.42. The number of hydrogen-bond donors (Lipinski definition) is 1. The Morgan fingerprint density at radius 1 is 1.00 bits per heavy atom. The average molecular weight is 280 g/mol. The molecule has 21 heavy (non-hydrogen) atoms. The highest BCUT2D eigenvalue weighted by Gasteiger charge is 2.38. The van der Waals surface area contributed by atoms with Crippen LogP contribution in [0.5, 0.6) is 0 Å². The number of hydrogen-bond acceptors (Lipinski definition) is 2. The first kappa shape index (κ1) is 13.4. The van der Waals surface area contributed by atoms with Crippen molar-refractivity contribution in [3.8, 4) is 0 Å². The Morgan fingerprint density at radius 3 is 2.33 bits per heavy atom. The van der Waals surface area contributed by atoms with Crippen LogP contribution in [-0.4, -0.2) is 16.8 Å². The van der Waals surface area contributed by atoms with Gasteiger partial charge in [0.05, 0.1) is 6.54 Å². The summed E-state index contributed by atoms with van der Waals surface area (Å²) in [6, 6.07) is 16.2. The molecule has 106 valence electrons. The van der Waals surface area contributed by atoms with Crippen LogP contribution >= 0.6 is 0 Å². The average Bonchev–Trinajstić information content (AvgIpc) is 2.78. The molecular formula is C17H16N2O2. The van der Waals surface area contributed by atoms with E-state index in [-0.39, 0.29) is 11.9 Å². The van der Waals surface area contributed by atoms with E-state index in [0.717, 1.165) is 16.7 Å². The fourth-order valence-corrected chi connectivity index (χ4v) is 2.42. The standard InChI is InChI=1S/C17H16N2O2/c1-12-7-9-13(10-8-12)11-19-16(20)15(18-17(19)21)14-5-3-2-4-6-14/h2-10,15H,11H2,1H3,(H,18,21). The van der Waals surface area contributed by atoms with Crippen LogP contribution in [0, 0.1) is 6.92 Å². The first-order valence-electron chi connectivity index (χ1n) is 6.87. The number of imide groups is 1.